The maximum Gasteiger partial charge on any atom is 0.0991 e. The molecule has 2 aromatic heterocycles. The summed E-state index contributed by atoms with van der Waals surface area (Å²) in [5, 5.41) is 4.33. The zero-order valence-corrected chi connectivity index (χ0v) is 12.9. The van der Waals surface area contributed by atoms with Gasteiger partial charge in [0.1, 0.15) is 0 Å². The quantitative estimate of drug-likeness (QED) is 0.939. The minimum absolute atomic E-state index is 0.0570. The van der Waals surface area contributed by atoms with Gasteiger partial charge in [-0.15, -0.1) is 22.7 Å². The van der Waals surface area contributed by atoms with Crippen LogP contribution in [0.25, 0.3) is 0 Å². The molecule has 2 rings (SSSR count). The van der Waals surface area contributed by atoms with Crippen molar-refractivity contribution in [2.24, 2.45) is 5.73 Å². The first-order chi connectivity index (χ1) is 8.40. The SMILES string of the molecule is Cc1nc(Cc2nc(C(C)(C)C)c(CN)s2)cs1. The van der Waals surface area contributed by atoms with Crippen molar-refractivity contribution in [1.82, 2.24) is 9.97 Å². The molecule has 0 aliphatic carbocycles. The number of nitrogens with zero attached hydrogens (tertiary/aromatic N) is 2. The molecule has 2 aromatic rings. The third-order valence-corrected chi connectivity index (χ3v) is 4.54. The van der Waals surface area contributed by atoms with E-state index in [0.717, 1.165) is 27.8 Å². The van der Waals surface area contributed by atoms with E-state index in [4.69, 9.17) is 10.7 Å². The van der Waals surface area contributed by atoms with Gasteiger partial charge in [-0.1, -0.05) is 20.8 Å². The molecule has 0 aromatic carbocycles. The van der Waals surface area contributed by atoms with Crippen molar-refractivity contribution in [2.75, 3.05) is 0 Å². The highest BCUT2D eigenvalue weighted by atomic mass is 32.1. The van der Waals surface area contributed by atoms with E-state index in [1.54, 1.807) is 22.7 Å². The predicted octanol–water partition coefficient (Wildman–Crippen LogP) is 3.26. The molecule has 5 heteroatoms. The van der Waals surface area contributed by atoms with Crippen molar-refractivity contribution in [3.63, 3.8) is 0 Å². The molecule has 0 atom stereocenters. The van der Waals surface area contributed by atoms with Crippen LogP contribution in [0, 0.1) is 6.92 Å². The summed E-state index contributed by atoms with van der Waals surface area (Å²) in [6.45, 7) is 9.14. The second kappa shape index (κ2) is 5.07. The lowest BCUT2D eigenvalue weighted by atomic mass is 9.91. The van der Waals surface area contributed by atoms with Gasteiger partial charge in [0.05, 0.1) is 21.4 Å². The molecule has 0 aliphatic heterocycles. The lowest BCUT2D eigenvalue weighted by Gasteiger charge is -2.16. The van der Waals surface area contributed by atoms with E-state index in [1.807, 2.05) is 6.92 Å². The fourth-order valence-electron chi connectivity index (χ4n) is 1.84. The largest absolute Gasteiger partial charge is 0.326 e. The van der Waals surface area contributed by atoms with Crippen LogP contribution in [-0.2, 0) is 18.4 Å². The number of aryl methyl sites for hydroxylation is 1. The van der Waals surface area contributed by atoms with Crippen molar-refractivity contribution in [3.05, 3.63) is 31.7 Å². The zero-order chi connectivity index (χ0) is 13.3. The minimum Gasteiger partial charge on any atom is -0.326 e. The van der Waals surface area contributed by atoms with Crippen LogP contribution in [0.4, 0.5) is 0 Å². The normalized spacial score (nSPS) is 12.1. The van der Waals surface area contributed by atoms with Gasteiger partial charge in [-0.3, -0.25) is 0 Å². The Balaban J connectivity index is 2.27. The van der Waals surface area contributed by atoms with Gasteiger partial charge in [0, 0.05) is 28.6 Å². The standard InChI is InChI=1S/C13H19N3S2/c1-8-15-9(7-17-8)5-11-16-12(13(2,3)4)10(6-14)18-11/h7H,5-6,14H2,1-4H3. The highest BCUT2D eigenvalue weighted by Crippen LogP contribution is 2.30. The van der Waals surface area contributed by atoms with E-state index in [0.29, 0.717) is 6.54 Å². The maximum absolute atomic E-state index is 5.82. The molecule has 18 heavy (non-hydrogen) atoms. The number of thiazole rings is 2. The molecule has 0 fully saturated rings. The van der Waals surface area contributed by atoms with E-state index in [-0.39, 0.29) is 5.41 Å². The molecule has 0 unspecified atom stereocenters. The van der Waals surface area contributed by atoms with Gasteiger partial charge in [-0.2, -0.15) is 0 Å². The van der Waals surface area contributed by atoms with Gasteiger partial charge in [0.15, 0.2) is 0 Å². The Hall–Kier alpha value is -0.780. The van der Waals surface area contributed by atoms with Gasteiger partial charge in [0.2, 0.25) is 0 Å². The summed E-state index contributed by atoms with van der Waals surface area (Å²) < 4.78 is 0. The molecule has 0 bridgehead atoms. The number of hydrogen-bond donors (Lipinski definition) is 1. The molecule has 0 amide bonds. The van der Waals surface area contributed by atoms with Gasteiger partial charge < -0.3 is 5.73 Å². The van der Waals surface area contributed by atoms with E-state index < -0.39 is 0 Å². The van der Waals surface area contributed by atoms with Crippen molar-refractivity contribution in [1.29, 1.82) is 0 Å². The van der Waals surface area contributed by atoms with Crippen LogP contribution in [0.15, 0.2) is 5.38 Å². The number of hydrogen-bond acceptors (Lipinski definition) is 5. The first-order valence-electron chi connectivity index (χ1n) is 6.00. The van der Waals surface area contributed by atoms with E-state index in [1.165, 1.54) is 4.88 Å². The van der Waals surface area contributed by atoms with Crippen LogP contribution in [0.5, 0.6) is 0 Å². The van der Waals surface area contributed by atoms with Crippen LogP contribution in [-0.4, -0.2) is 9.97 Å². The molecule has 2 heterocycles. The monoisotopic (exact) mass is 281 g/mol. The third-order valence-electron chi connectivity index (χ3n) is 2.64. The van der Waals surface area contributed by atoms with Crippen molar-refractivity contribution >= 4 is 22.7 Å². The Morgan fingerprint density at radius 2 is 2.00 bits per heavy atom. The smallest absolute Gasteiger partial charge is 0.0991 e. The molecule has 0 saturated heterocycles. The summed E-state index contributed by atoms with van der Waals surface area (Å²) >= 11 is 3.41. The average molecular weight is 281 g/mol. The Morgan fingerprint density at radius 1 is 1.28 bits per heavy atom. The Labute approximate surface area is 116 Å². The van der Waals surface area contributed by atoms with Crippen LogP contribution < -0.4 is 5.73 Å². The third kappa shape index (κ3) is 2.96. The summed E-state index contributed by atoms with van der Waals surface area (Å²) in [5.74, 6) is 0. The summed E-state index contributed by atoms with van der Waals surface area (Å²) in [5.41, 5.74) is 8.11. The molecule has 0 saturated carbocycles. The molecule has 2 N–H and O–H groups in total. The molecule has 0 radical (unpaired) electrons. The highest BCUT2D eigenvalue weighted by molar-refractivity contribution is 7.11. The zero-order valence-electron chi connectivity index (χ0n) is 11.3. The van der Waals surface area contributed by atoms with Crippen molar-refractivity contribution in [2.45, 2.75) is 46.1 Å². The van der Waals surface area contributed by atoms with Crippen LogP contribution in [0.3, 0.4) is 0 Å². The van der Waals surface area contributed by atoms with Crippen molar-refractivity contribution < 1.29 is 0 Å². The first-order valence-corrected chi connectivity index (χ1v) is 7.70. The molecule has 0 spiro atoms. The fourth-order valence-corrected chi connectivity index (χ4v) is 3.63. The Morgan fingerprint density at radius 3 is 2.44 bits per heavy atom. The Bertz CT molecular complexity index is 535. The van der Waals surface area contributed by atoms with Crippen LogP contribution in [0.2, 0.25) is 0 Å². The van der Waals surface area contributed by atoms with E-state index in [2.05, 4.69) is 31.1 Å². The minimum atomic E-state index is 0.0570. The Kier molecular flexibility index (Phi) is 3.84. The molecule has 98 valence electrons. The highest BCUT2D eigenvalue weighted by Gasteiger charge is 2.22. The maximum atomic E-state index is 5.82. The summed E-state index contributed by atoms with van der Waals surface area (Å²) in [7, 11) is 0. The number of rotatable bonds is 3. The summed E-state index contributed by atoms with van der Waals surface area (Å²) in [6, 6.07) is 0. The van der Waals surface area contributed by atoms with Gasteiger partial charge >= 0.3 is 0 Å². The lowest BCUT2D eigenvalue weighted by molar-refractivity contribution is 0.564. The average Bonchev–Trinajstić information content (AvgIpc) is 2.84. The fraction of sp³-hybridized carbons (Fsp3) is 0.538. The molecule has 0 aliphatic rings. The second-order valence-electron chi connectivity index (χ2n) is 5.37. The molecule has 3 nitrogen and oxygen atoms in total. The summed E-state index contributed by atoms with van der Waals surface area (Å²) in [4.78, 5) is 10.4. The summed E-state index contributed by atoms with van der Waals surface area (Å²) in [6.07, 6.45) is 0.818. The second-order valence-corrected chi connectivity index (χ2v) is 7.60. The van der Waals surface area contributed by atoms with Gasteiger partial charge in [-0.05, 0) is 6.92 Å². The topological polar surface area (TPSA) is 51.8 Å². The first kappa shape index (κ1) is 13.6. The number of aromatic nitrogens is 2. The van der Waals surface area contributed by atoms with Crippen molar-refractivity contribution in [3.8, 4) is 0 Å². The lowest BCUT2D eigenvalue weighted by Crippen LogP contribution is -2.15. The molecular formula is C13H19N3S2. The van der Waals surface area contributed by atoms with Gasteiger partial charge in [-0.25, -0.2) is 9.97 Å². The molecular weight excluding hydrogens is 262 g/mol. The van der Waals surface area contributed by atoms with Crippen LogP contribution in [0.1, 0.15) is 47.1 Å². The van der Waals surface area contributed by atoms with E-state index >= 15 is 0 Å². The van der Waals surface area contributed by atoms with Gasteiger partial charge in [0.25, 0.3) is 0 Å². The predicted molar refractivity (Wildman–Crippen MR) is 78.4 cm³/mol. The van der Waals surface area contributed by atoms with Crippen LogP contribution >= 0.6 is 22.7 Å². The van der Waals surface area contributed by atoms with E-state index in [9.17, 15) is 0 Å². The number of nitrogens with two attached hydrogens (primary N) is 1.